The molecule has 1 rings (SSSR count). The van der Waals surface area contributed by atoms with E-state index in [1.807, 2.05) is 32.0 Å². The van der Waals surface area contributed by atoms with Crippen molar-refractivity contribution in [2.24, 2.45) is 0 Å². The van der Waals surface area contributed by atoms with Crippen molar-refractivity contribution in [3.05, 3.63) is 34.3 Å². The molecule has 18 heavy (non-hydrogen) atoms. The first-order valence-corrected chi connectivity index (χ1v) is 6.50. The molecular formula is C14H19ClO3. The van der Waals surface area contributed by atoms with Crippen molar-refractivity contribution in [3.63, 3.8) is 0 Å². The van der Waals surface area contributed by atoms with Crippen molar-refractivity contribution < 1.29 is 14.3 Å². The van der Waals surface area contributed by atoms with Crippen LogP contribution in [0.3, 0.4) is 0 Å². The number of aryl methyl sites for hydroxylation is 1. The molecule has 0 saturated heterocycles. The van der Waals surface area contributed by atoms with Gasteiger partial charge in [-0.3, -0.25) is 4.79 Å². The molecule has 1 aromatic rings. The van der Waals surface area contributed by atoms with Crippen LogP contribution < -0.4 is 0 Å². The van der Waals surface area contributed by atoms with Gasteiger partial charge in [0.05, 0.1) is 13.0 Å². The number of ether oxygens (including phenoxy) is 2. The van der Waals surface area contributed by atoms with E-state index in [9.17, 15) is 4.79 Å². The lowest BCUT2D eigenvalue weighted by Crippen LogP contribution is -2.13. The smallest absolute Gasteiger partial charge is 0.310 e. The lowest BCUT2D eigenvalue weighted by Gasteiger charge is -2.07. The molecule has 1 aromatic carbocycles. The molecule has 0 aromatic heterocycles. The minimum absolute atomic E-state index is 0.203. The Morgan fingerprint density at radius 1 is 1.28 bits per heavy atom. The van der Waals surface area contributed by atoms with Crippen molar-refractivity contribution in [2.75, 3.05) is 19.8 Å². The third kappa shape index (κ3) is 5.07. The Hall–Kier alpha value is -1.06. The standard InChI is InChI=1S/C14H19ClO3/c1-3-7-17-8-9-18-13(16)10-12-6-4-5-11(2)14(12)15/h4-6H,3,7-10H2,1-2H3. The maximum absolute atomic E-state index is 11.6. The summed E-state index contributed by atoms with van der Waals surface area (Å²) in [4.78, 5) is 11.6. The first-order valence-electron chi connectivity index (χ1n) is 6.12. The first kappa shape index (κ1) is 15.0. The molecule has 0 aliphatic heterocycles. The minimum Gasteiger partial charge on any atom is -0.463 e. The van der Waals surface area contributed by atoms with E-state index in [4.69, 9.17) is 21.1 Å². The molecule has 4 heteroatoms. The molecule has 0 atom stereocenters. The van der Waals surface area contributed by atoms with Gasteiger partial charge in [-0.25, -0.2) is 0 Å². The Labute approximate surface area is 113 Å². The van der Waals surface area contributed by atoms with Crippen molar-refractivity contribution >= 4 is 17.6 Å². The van der Waals surface area contributed by atoms with Gasteiger partial charge in [0.1, 0.15) is 6.61 Å². The van der Waals surface area contributed by atoms with Crippen LogP contribution in [0.2, 0.25) is 5.02 Å². The van der Waals surface area contributed by atoms with Gasteiger partial charge < -0.3 is 9.47 Å². The zero-order valence-corrected chi connectivity index (χ0v) is 11.6. The van der Waals surface area contributed by atoms with Crippen LogP contribution >= 0.6 is 11.6 Å². The summed E-state index contributed by atoms with van der Waals surface area (Å²) in [5, 5.41) is 0.636. The third-order valence-corrected chi connectivity index (χ3v) is 2.99. The van der Waals surface area contributed by atoms with Gasteiger partial charge >= 0.3 is 5.97 Å². The van der Waals surface area contributed by atoms with Gasteiger partial charge in [-0.2, -0.15) is 0 Å². The first-order chi connectivity index (χ1) is 8.65. The summed E-state index contributed by atoms with van der Waals surface area (Å²) >= 11 is 6.11. The molecule has 0 saturated carbocycles. The molecule has 0 amide bonds. The zero-order chi connectivity index (χ0) is 13.4. The molecule has 0 bridgehead atoms. The number of carbonyl (C=O) groups is 1. The highest BCUT2D eigenvalue weighted by atomic mass is 35.5. The average molecular weight is 271 g/mol. The normalized spacial score (nSPS) is 10.4. The van der Waals surface area contributed by atoms with E-state index in [1.54, 1.807) is 0 Å². The van der Waals surface area contributed by atoms with Gasteiger partial charge in [0, 0.05) is 11.6 Å². The maximum atomic E-state index is 11.6. The van der Waals surface area contributed by atoms with E-state index >= 15 is 0 Å². The van der Waals surface area contributed by atoms with E-state index < -0.39 is 0 Å². The van der Waals surface area contributed by atoms with Gasteiger partial charge in [0.25, 0.3) is 0 Å². The molecule has 0 N–H and O–H groups in total. The van der Waals surface area contributed by atoms with Crippen molar-refractivity contribution in [1.82, 2.24) is 0 Å². The molecule has 0 heterocycles. The lowest BCUT2D eigenvalue weighted by molar-refractivity contribution is -0.144. The van der Waals surface area contributed by atoms with Crippen LogP contribution in [0.15, 0.2) is 18.2 Å². The fourth-order valence-corrected chi connectivity index (χ4v) is 1.70. The summed E-state index contributed by atoms with van der Waals surface area (Å²) in [5.74, 6) is -0.275. The van der Waals surface area contributed by atoms with E-state index in [1.165, 1.54) is 0 Å². The number of halogens is 1. The monoisotopic (exact) mass is 270 g/mol. The summed E-state index contributed by atoms with van der Waals surface area (Å²) < 4.78 is 10.3. The summed E-state index contributed by atoms with van der Waals surface area (Å²) in [6.07, 6.45) is 1.17. The topological polar surface area (TPSA) is 35.5 Å². The second kappa shape index (κ2) is 8.11. The number of carbonyl (C=O) groups excluding carboxylic acids is 1. The maximum Gasteiger partial charge on any atom is 0.310 e. The molecule has 0 radical (unpaired) electrons. The van der Waals surface area contributed by atoms with Crippen LogP contribution in [0.1, 0.15) is 24.5 Å². The van der Waals surface area contributed by atoms with Crippen LogP contribution in [-0.2, 0) is 20.7 Å². The quantitative estimate of drug-likeness (QED) is 0.564. The van der Waals surface area contributed by atoms with E-state index in [-0.39, 0.29) is 12.4 Å². The number of hydrogen-bond donors (Lipinski definition) is 0. The summed E-state index contributed by atoms with van der Waals surface area (Å²) in [5.41, 5.74) is 1.77. The van der Waals surface area contributed by atoms with Crippen molar-refractivity contribution in [1.29, 1.82) is 0 Å². The van der Waals surface area contributed by atoms with Gasteiger partial charge in [-0.1, -0.05) is 36.7 Å². The second-order valence-corrected chi connectivity index (χ2v) is 4.44. The van der Waals surface area contributed by atoms with Crippen LogP contribution in [0, 0.1) is 6.92 Å². The Balaban J connectivity index is 2.34. The van der Waals surface area contributed by atoms with E-state index in [2.05, 4.69) is 0 Å². The van der Waals surface area contributed by atoms with Crippen molar-refractivity contribution in [2.45, 2.75) is 26.7 Å². The van der Waals surface area contributed by atoms with Crippen LogP contribution in [0.25, 0.3) is 0 Å². The highest BCUT2D eigenvalue weighted by molar-refractivity contribution is 6.32. The Bertz CT molecular complexity index is 391. The largest absolute Gasteiger partial charge is 0.463 e. The molecule has 0 aliphatic carbocycles. The van der Waals surface area contributed by atoms with Crippen LogP contribution in [0.5, 0.6) is 0 Å². The molecule has 0 unspecified atom stereocenters. The van der Waals surface area contributed by atoms with E-state index in [0.717, 1.165) is 17.5 Å². The lowest BCUT2D eigenvalue weighted by atomic mass is 10.1. The third-order valence-electron chi connectivity index (χ3n) is 2.45. The summed E-state index contributed by atoms with van der Waals surface area (Å²) in [6, 6.07) is 5.63. The highest BCUT2D eigenvalue weighted by Crippen LogP contribution is 2.20. The fourth-order valence-electron chi connectivity index (χ4n) is 1.51. The fraction of sp³-hybridized carbons (Fsp3) is 0.500. The predicted molar refractivity (Wildman–Crippen MR) is 72.0 cm³/mol. The Morgan fingerprint density at radius 3 is 2.78 bits per heavy atom. The van der Waals surface area contributed by atoms with Gasteiger partial charge in [0.2, 0.25) is 0 Å². The van der Waals surface area contributed by atoms with E-state index in [0.29, 0.717) is 24.8 Å². The van der Waals surface area contributed by atoms with Gasteiger partial charge in [-0.05, 0) is 24.5 Å². The molecule has 100 valence electrons. The Kier molecular flexibility index (Phi) is 6.76. The number of benzene rings is 1. The summed E-state index contributed by atoms with van der Waals surface area (Å²) in [6.45, 7) is 5.38. The highest BCUT2D eigenvalue weighted by Gasteiger charge is 2.09. The number of rotatable bonds is 7. The van der Waals surface area contributed by atoms with Gasteiger partial charge in [-0.15, -0.1) is 0 Å². The zero-order valence-electron chi connectivity index (χ0n) is 10.9. The Morgan fingerprint density at radius 2 is 2.06 bits per heavy atom. The molecule has 0 aliphatic rings. The summed E-state index contributed by atoms with van der Waals surface area (Å²) in [7, 11) is 0. The minimum atomic E-state index is -0.275. The number of hydrogen-bond acceptors (Lipinski definition) is 3. The molecule has 0 spiro atoms. The molecule has 0 fully saturated rings. The SMILES string of the molecule is CCCOCCOC(=O)Cc1cccc(C)c1Cl. The van der Waals surface area contributed by atoms with Gasteiger partial charge in [0.15, 0.2) is 0 Å². The van der Waals surface area contributed by atoms with Crippen LogP contribution in [0.4, 0.5) is 0 Å². The number of esters is 1. The van der Waals surface area contributed by atoms with Crippen molar-refractivity contribution in [3.8, 4) is 0 Å². The van der Waals surface area contributed by atoms with Crippen LogP contribution in [-0.4, -0.2) is 25.8 Å². The predicted octanol–water partition coefficient (Wildman–Crippen LogP) is 3.16. The molecule has 3 nitrogen and oxygen atoms in total. The molecular weight excluding hydrogens is 252 g/mol. The average Bonchev–Trinajstić information content (AvgIpc) is 2.35. The second-order valence-electron chi connectivity index (χ2n) is 4.06.